The number of carbonyl (C=O) groups is 2. The van der Waals surface area contributed by atoms with Crippen LogP contribution in [-0.4, -0.2) is 23.0 Å². The molecular weight excluding hydrogens is 287 g/mol. The number of aliphatic carboxylic acids is 1. The Morgan fingerprint density at radius 1 is 1.38 bits per heavy atom. The van der Waals surface area contributed by atoms with Crippen LogP contribution < -0.4 is 5.32 Å². The van der Waals surface area contributed by atoms with Crippen molar-refractivity contribution in [1.82, 2.24) is 5.32 Å². The third-order valence-electron chi connectivity index (χ3n) is 2.65. The zero-order valence-corrected chi connectivity index (χ0v) is 11.0. The predicted octanol–water partition coefficient (Wildman–Crippen LogP) is 2.39. The van der Waals surface area contributed by atoms with E-state index < -0.39 is 29.7 Å². The second-order valence-electron chi connectivity index (χ2n) is 4.36. The van der Waals surface area contributed by atoms with E-state index in [0.29, 0.717) is 0 Å². The molecule has 1 amide bonds. The van der Waals surface area contributed by atoms with Crippen LogP contribution in [0.3, 0.4) is 0 Å². The van der Waals surface area contributed by atoms with Crippen molar-refractivity contribution < 1.29 is 27.9 Å². The third kappa shape index (κ3) is 5.29. The van der Waals surface area contributed by atoms with E-state index in [1.165, 1.54) is 18.2 Å². The molecule has 4 nitrogen and oxygen atoms in total. The van der Waals surface area contributed by atoms with Gasteiger partial charge in [0.2, 0.25) is 5.91 Å². The summed E-state index contributed by atoms with van der Waals surface area (Å²) in [5, 5.41) is 11.1. The number of amides is 1. The minimum Gasteiger partial charge on any atom is -0.480 e. The summed E-state index contributed by atoms with van der Waals surface area (Å²) in [5.41, 5.74) is -0.696. The molecule has 1 atom stereocenters. The highest BCUT2D eigenvalue weighted by Crippen LogP contribution is 2.29. The molecule has 0 bridgehead atoms. The molecule has 2 N–H and O–H groups in total. The fourth-order valence-electron chi connectivity index (χ4n) is 1.68. The monoisotopic (exact) mass is 301 g/mol. The van der Waals surface area contributed by atoms with Crippen molar-refractivity contribution in [3.05, 3.63) is 48.0 Å². The summed E-state index contributed by atoms with van der Waals surface area (Å²) in [7, 11) is 0. The fraction of sp³-hybridized carbons (Fsp3) is 0.286. The van der Waals surface area contributed by atoms with Crippen LogP contribution >= 0.6 is 0 Å². The van der Waals surface area contributed by atoms with E-state index in [1.54, 1.807) is 0 Å². The van der Waals surface area contributed by atoms with Gasteiger partial charge in [0, 0.05) is 0 Å². The van der Waals surface area contributed by atoms with Crippen LogP contribution in [0.15, 0.2) is 36.9 Å². The van der Waals surface area contributed by atoms with E-state index in [4.69, 9.17) is 5.11 Å². The van der Waals surface area contributed by atoms with Crippen LogP contribution in [-0.2, 0) is 22.2 Å². The van der Waals surface area contributed by atoms with Gasteiger partial charge in [0.05, 0.1) is 12.0 Å². The van der Waals surface area contributed by atoms with Crippen LogP contribution in [0, 0.1) is 0 Å². The molecule has 0 heterocycles. The maximum Gasteiger partial charge on any atom is 0.416 e. The third-order valence-corrected chi connectivity index (χ3v) is 2.65. The van der Waals surface area contributed by atoms with Crippen LogP contribution in [0.4, 0.5) is 13.2 Å². The predicted molar refractivity (Wildman–Crippen MR) is 69.5 cm³/mol. The molecule has 0 aromatic heterocycles. The quantitative estimate of drug-likeness (QED) is 0.793. The second-order valence-corrected chi connectivity index (χ2v) is 4.36. The van der Waals surface area contributed by atoms with Gasteiger partial charge in [-0.2, -0.15) is 13.2 Å². The molecular formula is C14H14F3NO3. The van der Waals surface area contributed by atoms with Gasteiger partial charge in [-0.15, -0.1) is 6.58 Å². The zero-order valence-electron chi connectivity index (χ0n) is 11.0. The Morgan fingerprint density at radius 2 is 2.05 bits per heavy atom. The van der Waals surface area contributed by atoms with Gasteiger partial charge in [-0.1, -0.05) is 24.3 Å². The Balaban J connectivity index is 2.75. The molecule has 0 spiro atoms. The Labute approximate surface area is 119 Å². The SMILES string of the molecule is C=CCC(NC(=O)Cc1cccc(C(F)(F)F)c1)C(=O)O. The van der Waals surface area contributed by atoms with Gasteiger partial charge in [0.15, 0.2) is 0 Å². The molecule has 1 aromatic carbocycles. The van der Waals surface area contributed by atoms with E-state index in [2.05, 4.69) is 11.9 Å². The van der Waals surface area contributed by atoms with Gasteiger partial charge in [-0.05, 0) is 18.1 Å². The first-order valence-corrected chi connectivity index (χ1v) is 6.03. The Hall–Kier alpha value is -2.31. The smallest absolute Gasteiger partial charge is 0.416 e. The number of nitrogens with one attached hydrogen (secondary N) is 1. The summed E-state index contributed by atoms with van der Waals surface area (Å²) in [6.07, 6.45) is -3.45. The summed E-state index contributed by atoms with van der Waals surface area (Å²) in [6, 6.07) is 3.20. The molecule has 0 saturated carbocycles. The van der Waals surface area contributed by atoms with Crippen LogP contribution in [0.2, 0.25) is 0 Å². The van der Waals surface area contributed by atoms with Crippen molar-refractivity contribution in [2.75, 3.05) is 0 Å². The molecule has 1 unspecified atom stereocenters. The van der Waals surface area contributed by atoms with Crippen LogP contribution in [0.5, 0.6) is 0 Å². The average Bonchev–Trinajstić information content (AvgIpc) is 2.37. The minimum absolute atomic E-state index is 0.0314. The molecule has 1 rings (SSSR count). The minimum atomic E-state index is -4.49. The van der Waals surface area contributed by atoms with E-state index in [9.17, 15) is 22.8 Å². The number of carbonyl (C=O) groups excluding carboxylic acids is 1. The van der Waals surface area contributed by atoms with Gasteiger partial charge in [0.25, 0.3) is 0 Å². The highest BCUT2D eigenvalue weighted by atomic mass is 19.4. The van der Waals surface area contributed by atoms with Gasteiger partial charge in [0.1, 0.15) is 6.04 Å². The maximum absolute atomic E-state index is 12.5. The first-order valence-electron chi connectivity index (χ1n) is 6.03. The summed E-state index contributed by atoms with van der Waals surface area (Å²) in [6.45, 7) is 3.37. The van der Waals surface area contributed by atoms with Crippen molar-refractivity contribution in [1.29, 1.82) is 0 Å². The molecule has 0 aliphatic rings. The molecule has 1 aromatic rings. The first-order chi connectivity index (χ1) is 9.74. The normalized spacial score (nSPS) is 12.5. The van der Waals surface area contributed by atoms with Gasteiger partial charge in [-0.25, -0.2) is 4.79 Å². The number of carboxylic acid groups (broad SMARTS) is 1. The highest BCUT2D eigenvalue weighted by Gasteiger charge is 2.30. The first kappa shape index (κ1) is 16.7. The second kappa shape index (κ2) is 6.92. The van der Waals surface area contributed by atoms with Crippen molar-refractivity contribution in [2.24, 2.45) is 0 Å². The highest BCUT2D eigenvalue weighted by molar-refractivity contribution is 5.84. The largest absolute Gasteiger partial charge is 0.480 e. The van der Waals surface area contributed by atoms with Crippen LogP contribution in [0.1, 0.15) is 17.5 Å². The van der Waals surface area contributed by atoms with E-state index in [0.717, 1.165) is 12.1 Å². The van der Waals surface area contributed by atoms with Gasteiger partial charge >= 0.3 is 12.1 Å². The molecule has 0 aliphatic carbocycles. The molecule has 0 saturated heterocycles. The van der Waals surface area contributed by atoms with Crippen molar-refractivity contribution in [2.45, 2.75) is 25.1 Å². The lowest BCUT2D eigenvalue weighted by Crippen LogP contribution is -2.41. The lowest BCUT2D eigenvalue weighted by molar-refractivity contribution is -0.141. The van der Waals surface area contributed by atoms with Crippen molar-refractivity contribution >= 4 is 11.9 Å². The summed E-state index contributed by atoms with van der Waals surface area (Å²) >= 11 is 0. The van der Waals surface area contributed by atoms with E-state index in [1.807, 2.05) is 0 Å². The lowest BCUT2D eigenvalue weighted by Gasteiger charge is -2.13. The Morgan fingerprint density at radius 3 is 2.57 bits per heavy atom. The summed E-state index contributed by atoms with van der Waals surface area (Å²) in [5.74, 6) is -1.89. The molecule has 7 heteroatoms. The van der Waals surface area contributed by atoms with Crippen molar-refractivity contribution in [3.8, 4) is 0 Å². The Bertz CT molecular complexity index is 541. The number of hydrogen-bond acceptors (Lipinski definition) is 2. The summed E-state index contributed by atoms with van der Waals surface area (Å²) in [4.78, 5) is 22.5. The number of carboxylic acids is 1. The molecule has 0 radical (unpaired) electrons. The van der Waals surface area contributed by atoms with E-state index >= 15 is 0 Å². The zero-order chi connectivity index (χ0) is 16.0. The standard InChI is InChI=1S/C14H14F3NO3/c1-2-4-11(13(20)21)18-12(19)8-9-5-3-6-10(7-9)14(15,16)17/h2-3,5-7,11H,1,4,8H2,(H,18,19)(H,20,21). The van der Waals surface area contributed by atoms with Crippen LogP contribution in [0.25, 0.3) is 0 Å². The number of alkyl halides is 3. The van der Waals surface area contributed by atoms with Gasteiger partial charge in [-0.3, -0.25) is 4.79 Å². The van der Waals surface area contributed by atoms with Crippen molar-refractivity contribution in [3.63, 3.8) is 0 Å². The molecule has 0 fully saturated rings. The number of halogens is 3. The van der Waals surface area contributed by atoms with E-state index in [-0.39, 0.29) is 18.4 Å². The molecule has 21 heavy (non-hydrogen) atoms. The summed E-state index contributed by atoms with van der Waals surface area (Å²) < 4.78 is 37.6. The topological polar surface area (TPSA) is 66.4 Å². The number of hydrogen-bond donors (Lipinski definition) is 2. The molecule has 0 aliphatic heterocycles. The van der Waals surface area contributed by atoms with Gasteiger partial charge < -0.3 is 10.4 Å². The molecule has 114 valence electrons. The number of rotatable bonds is 6. The fourth-order valence-corrected chi connectivity index (χ4v) is 1.68. The average molecular weight is 301 g/mol. The number of benzene rings is 1. The Kier molecular flexibility index (Phi) is 5.52. The lowest BCUT2D eigenvalue weighted by atomic mass is 10.1. The maximum atomic E-state index is 12.5.